The Morgan fingerprint density at radius 1 is 0.886 bits per heavy atom. The number of rotatable bonds is 17. The van der Waals surface area contributed by atoms with Crippen molar-refractivity contribution >= 4 is 28.3 Å². The van der Waals surface area contributed by atoms with Crippen molar-refractivity contribution in [3.05, 3.63) is 35.9 Å². The third kappa shape index (κ3) is 10.3. The molecule has 0 aliphatic heterocycles. The van der Waals surface area contributed by atoms with Crippen LogP contribution in [0.25, 0.3) is 10.8 Å². The Hall–Kier alpha value is -2.60. The van der Waals surface area contributed by atoms with Crippen LogP contribution in [0.5, 0.6) is 5.75 Å². The predicted molar refractivity (Wildman–Crippen MR) is 144 cm³/mol. The summed E-state index contributed by atoms with van der Waals surface area (Å²) >= 11 is 0. The number of fused-ring (bicyclic) bond motifs is 1. The standard InChI is InChI=1S/C29H44N2O4/c1-4-5-6-7-8-9-10-11-12-13-19-35-21-30-29(34)25-18-17-23-24(28(25)33)15-14-16-26(23)31-27(32)20-22(2)3/h14-18,22,33H,4-13,19-21H2,1-3H3,(H,30,34)(H,31,32). The van der Waals surface area contributed by atoms with Crippen molar-refractivity contribution in [2.45, 2.75) is 91.4 Å². The number of benzene rings is 2. The minimum Gasteiger partial charge on any atom is -0.506 e. The van der Waals surface area contributed by atoms with Gasteiger partial charge in [0.25, 0.3) is 5.91 Å². The SMILES string of the molecule is CCCCCCCCCCCCOCNC(=O)c1ccc2c(NC(=O)CC(C)C)cccc2c1O. The van der Waals surface area contributed by atoms with E-state index in [-0.39, 0.29) is 35.8 Å². The summed E-state index contributed by atoms with van der Waals surface area (Å²) in [6.07, 6.45) is 13.1. The molecule has 0 aliphatic carbocycles. The van der Waals surface area contributed by atoms with E-state index >= 15 is 0 Å². The molecule has 2 aromatic carbocycles. The lowest BCUT2D eigenvalue weighted by Gasteiger charge is -2.13. The van der Waals surface area contributed by atoms with Gasteiger partial charge in [0.2, 0.25) is 5.91 Å². The van der Waals surface area contributed by atoms with Gasteiger partial charge < -0.3 is 20.5 Å². The highest BCUT2D eigenvalue weighted by atomic mass is 16.5. The monoisotopic (exact) mass is 484 g/mol. The van der Waals surface area contributed by atoms with Crippen LogP contribution in [0.2, 0.25) is 0 Å². The summed E-state index contributed by atoms with van der Waals surface area (Å²) in [4.78, 5) is 24.8. The van der Waals surface area contributed by atoms with E-state index in [1.807, 2.05) is 13.8 Å². The van der Waals surface area contributed by atoms with Crippen molar-refractivity contribution in [1.82, 2.24) is 5.32 Å². The molecule has 0 fully saturated rings. The van der Waals surface area contributed by atoms with Gasteiger partial charge in [0.1, 0.15) is 12.5 Å². The number of carbonyl (C=O) groups is 2. The number of hydrogen-bond acceptors (Lipinski definition) is 4. The second-order valence-corrected chi connectivity index (χ2v) is 9.75. The topological polar surface area (TPSA) is 87.7 Å². The largest absolute Gasteiger partial charge is 0.506 e. The Kier molecular flexibility index (Phi) is 13.2. The zero-order valence-electron chi connectivity index (χ0n) is 21.8. The highest BCUT2D eigenvalue weighted by Gasteiger charge is 2.16. The first kappa shape index (κ1) is 28.6. The molecule has 35 heavy (non-hydrogen) atoms. The molecule has 0 atom stereocenters. The first-order valence-corrected chi connectivity index (χ1v) is 13.3. The van der Waals surface area contributed by atoms with Crippen LogP contribution in [-0.2, 0) is 9.53 Å². The fourth-order valence-corrected chi connectivity index (χ4v) is 4.18. The number of anilines is 1. The maximum Gasteiger partial charge on any atom is 0.256 e. The molecule has 0 aromatic heterocycles. The van der Waals surface area contributed by atoms with E-state index < -0.39 is 0 Å². The fourth-order valence-electron chi connectivity index (χ4n) is 4.18. The summed E-state index contributed by atoms with van der Waals surface area (Å²) in [6.45, 7) is 6.94. The van der Waals surface area contributed by atoms with Crippen LogP contribution in [0, 0.1) is 5.92 Å². The molecule has 2 aromatic rings. The van der Waals surface area contributed by atoms with Crippen LogP contribution in [0.1, 0.15) is 102 Å². The van der Waals surface area contributed by atoms with Gasteiger partial charge in [-0.2, -0.15) is 0 Å². The number of amides is 2. The van der Waals surface area contributed by atoms with Gasteiger partial charge in [0, 0.05) is 29.5 Å². The predicted octanol–water partition coefficient (Wildman–Crippen LogP) is 7.15. The molecule has 0 heterocycles. The molecule has 0 saturated heterocycles. The van der Waals surface area contributed by atoms with Gasteiger partial charge >= 0.3 is 0 Å². The van der Waals surface area contributed by atoms with Crippen molar-refractivity contribution in [3.63, 3.8) is 0 Å². The van der Waals surface area contributed by atoms with Gasteiger partial charge in [0.15, 0.2) is 0 Å². The second kappa shape index (κ2) is 16.1. The lowest BCUT2D eigenvalue weighted by molar-refractivity contribution is -0.116. The third-order valence-corrected chi connectivity index (χ3v) is 6.12. The minimum absolute atomic E-state index is 0.0756. The molecule has 0 radical (unpaired) electrons. The smallest absolute Gasteiger partial charge is 0.256 e. The Bertz CT molecular complexity index is 926. The summed E-state index contributed by atoms with van der Waals surface area (Å²) in [6, 6.07) is 8.61. The van der Waals surface area contributed by atoms with Crippen molar-refractivity contribution in [1.29, 1.82) is 0 Å². The minimum atomic E-state index is -0.387. The maximum atomic E-state index is 12.6. The van der Waals surface area contributed by atoms with Crippen molar-refractivity contribution in [2.24, 2.45) is 5.92 Å². The average Bonchev–Trinajstić information content (AvgIpc) is 2.82. The maximum absolute atomic E-state index is 12.6. The summed E-state index contributed by atoms with van der Waals surface area (Å²) in [7, 11) is 0. The van der Waals surface area contributed by atoms with Crippen LogP contribution in [0.4, 0.5) is 5.69 Å². The molecule has 2 rings (SSSR count). The van der Waals surface area contributed by atoms with Crippen molar-refractivity contribution in [2.75, 3.05) is 18.7 Å². The number of phenolic OH excluding ortho intramolecular Hbond substituents is 1. The van der Waals surface area contributed by atoms with Gasteiger partial charge in [-0.15, -0.1) is 0 Å². The summed E-state index contributed by atoms with van der Waals surface area (Å²) in [5.74, 6) is -0.314. The van der Waals surface area contributed by atoms with E-state index in [0.29, 0.717) is 29.5 Å². The zero-order valence-corrected chi connectivity index (χ0v) is 21.8. The normalized spacial score (nSPS) is 11.2. The molecule has 0 bridgehead atoms. The second-order valence-electron chi connectivity index (χ2n) is 9.75. The quantitative estimate of drug-likeness (QED) is 0.164. The molecule has 0 aliphatic rings. The molecule has 2 amide bonds. The highest BCUT2D eigenvalue weighted by Crippen LogP contribution is 2.33. The van der Waals surface area contributed by atoms with E-state index in [1.165, 1.54) is 51.4 Å². The molecule has 194 valence electrons. The number of hydrogen-bond donors (Lipinski definition) is 3. The highest BCUT2D eigenvalue weighted by molar-refractivity contribution is 6.08. The Balaban J connectivity index is 1.73. The van der Waals surface area contributed by atoms with Gasteiger partial charge in [-0.1, -0.05) is 96.8 Å². The Morgan fingerprint density at radius 2 is 1.54 bits per heavy atom. The van der Waals surface area contributed by atoms with E-state index in [2.05, 4.69) is 17.6 Å². The van der Waals surface area contributed by atoms with Gasteiger partial charge in [-0.3, -0.25) is 9.59 Å². The number of carbonyl (C=O) groups excluding carboxylic acids is 2. The van der Waals surface area contributed by atoms with Crippen molar-refractivity contribution in [3.8, 4) is 5.75 Å². The molecule has 6 nitrogen and oxygen atoms in total. The molecule has 0 spiro atoms. The number of aromatic hydroxyl groups is 1. The summed E-state index contributed by atoms with van der Waals surface area (Å²) < 4.78 is 5.56. The van der Waals surface area contributed by atoms with E-state index in [4.69, 9.17) is 4.74 Å². The van der Waals surface area contributed by atoms with E-state index in [0.717, 1.165) is 12.8 Å². The lowest BCUT2D eigenvalue weighted by Crippen LogP contribution is -2.26. The number of unbranched alkanes of at least 4 members (excludes halogenated alkanes) is 9. The van der Waals surface area contributed by atoms with Crippen LogP contribution >= 0.6 is 0 Å². The molecule has 0 saturated carbocycles. The van der Waals surface area contributed by atoms with E-state index in [9.17, 15) is 14.7 Å². The van der Waals surface area contributed by atoms with Crippen molar-refractivity contribution < 1.29 is 19.4 Å². The van der Waals surface area contributed by atoms with Gasteiger partial charge in [-0.05, 0) is 24.5 Å². The van der Waals surface area contributed by atoms with Crippen LogP contribution in [0.3, 0.4) is 0 Å². The van der Waals surface area contributed by atoms with Gasteiger partial charge in [0.05, 0.1) is 5.56 Å². The Labute approximate surface area is 210 Å². The fraction of sp³-hybridized carbons (Fsp3) is 0.586. The summed E-state index contributed by atoms with van der Waals surface area (Å²) in [5, 5.41) is 17.5. The first-order valence-electron chi connectivity index (χ1n) is 13.3. The molecular weight excluding hydrogens is 440 g/mol. The van der Waals surface area contributed by atoms with Crippen LogP contribution in [0.15, 0.2) is 30.3 Å². The van der Waals surface area contributed by atoms with Gasteiger partial charge in [-0.25, -0.2) is 0 Å². The molecular formula is C29H44N2O4. The number of ether oxygens (including phenoxy) is 1. The van der Waals surface area contributed by atoms with E-state index in [1.54, 1.807) is 30.3 Å². The molecule has 3 N–H and O–H groups in total. The molecule has 0 unspecified atom stereocenters. The third-order valence-electron chi connectivity index (χ3n) is 6.12. The number of nitrogens with one attached hydrogen (secondary N) is 2. The first-order chi connectivity index (χ1) is 16.9. The average molecular weight is 485 g/mol. The van der Waals surface area contributed by atoms with Crippen LogP contribution < -0.4 is 10.6 Å². The zero-order chi connectivity index (χ0) is 25.5. The molecule has 6 heteroatoms. The summed E-state index contributed by atoms with van der Waals surface area (Å²) in [5.41, 5.74) is 0.806. The Morgan fingerprint density at radius 3 is 2.20 bits per heavy atom. The number of phenols is 1. The lowest BCUT2D eigenvalue weighted by atomic mass is 10.0. The van der Waals surface area contributed by atoms with Crippen LogP contribution in [-0.4, -0.2) is 30.3 Å².